The topological polar surface area (TPSA) is 64.0 Å². The van der Waals surface area contributed by atoms with Crippen molar-refractivity contribution in [3.63, 3.8) is 0 Å². The lowest BCUT2D eigenvalue weighted by atomic mass is 9.95. The van der Waals surface area contributed by atoms with E-state index in [1.54, 1.807) is 12.1 Å². The van der Waals surface area contributed by atoms with Crippen molar-refractivity contribution in [2.75, 3.05) is 0 Å². The Labute approximate surface area is 154 Å². The monoisotopic (exact) mass is 353 g/mol. The Hall–Kier alpha value is -2.43. The molecule has 1 aliphatic rings. The molecule has 5 nitrogen and oxygen atoms in total. The fourth-order valence-corrected chi connectivity index (χ4v) is 3.42. The summed E-state index contributed by atoms with van der Waals surface area (Å²) in [4.78, 5) is 24.1. The number of rotatable bonds is 6. The molecule has 5 heteroatoms. The second kappa shape index (κ2) is 8.79. The molecule has 0 atom stereocenters. The summed E-state index contributed by atoms with van der Waals surface area (Å²) in [5.74, 6) is 0.0830. The number of benzene rings is 1. The smallest absolute Gasteiger partial charge is 0.266 e. The van der Waals surface area contributed by atoms with E-state index in [1.807, 2.05) is 31.2 Å². The van der Waals surface area contributed by atoms with Crippen LogP contribution in [0.25, 0.3) is 11.3 Å². The molecule has 26 heavy (non-hydrogen) atoms. The molecule has 1 aromatic carbocycles. The highest BCUT2D eigenvalue weighted by molar-refractivity contribution is 5.76. The van der Waals surface area contributed by atoms with Gasteiger partial charge in [-0.25, -0.2) is 4.68 Å². The lowest BCUT2D eigenvalue weighted by Gasteiger charge is -2.22. The number of nitrogens with one attached hydrogen (secondary N) is 1. The third-order valence-corrected chi connectivity index (χ3v) is 4.96. The normalized spacial score (nSPS) is 15.0. The first-order chi connectivity index (χ1) is 12.6. The molecule has 1 aliphatic carbocycles. The zero-order valence-corrected chi connectivity index (χ0v) is 15.4. The van der Waals surface area contributed by atoms with Crippen LogP contribution in [0.2, 0.25) is 0 Å². The van der Waals surface area contributed by atoms with Crippen LogP contribution in [0.1, 0.15) is 50.5 Å². The van der Waals surface area contributed by atoms with Crippen LogP contribution in [0.4, 0.5) is 0 Å². The lowest BCUT2D eigenvalue weighted by molar-refractivity contribution is -0.122. The fraction of sp³-hybridized carbons (Fsp3) is 0.476. The first kappa shape index (κ1) is 18.4. The van der Waals surface area contributed by atoms with E-state index in [0.717, 1.165) is 24.1 Å². The first-order valence-corrected chi connectivity index (χ1v) is 9.56. The van der Waals surface area contributed by atoms with Crippen molar-refractivity contribution in [2.45, 2.75) is 64.5 Å². The maximum atomic E-state index is 12.1. The molecule has 0 unspecified atom stereocenters. The van der Waals surface area contributed by atoms with Gasteiger partial charge in [-0.05, 0) is 32.3 Å². The summed E-state index contributed by atoms with van der Waals surface area (Å²) in [5.41, 5.74) is 2.82. The highest BCUT2D eigenvalue weighted by Gasteiger charge is 2.15. The molecule has 1 fully saturated rings. The van der Waals surface area contributed by atoms with Gasteiger partial charge < -0.3 is 5.32 Å². The molecule has 2 aromatic rings. The third kappa shape index (κ3) is 5.04. The second-order valence-corrected chi connectivity index (χ2v) is 7.15. The van der Waals surface area contributed by atoms with Gasteiger partial charge in [0.05, 0.1) is 5.69 Å². The van der Waals surface area contributed by atoms with E-state index in [9.17, 15) is 9.59 Å². The van der Waals surface area contributed by atoms with E-state index < -0.39 is 0 Å². The minimum Gasteiger partial charge on any atom is -0.353 e. The summed E-state index contributed by atoms with van der Waals surface area (Å²) >= 11 is 0. The van der Waals surface area contributed by atoms with Gasteiger partial charge in [0.25, 0.3) is 5.56 Å². The number of amides is 1. The minimum absolute atomic E-state index is 0.0830. The van der Waals surface area contributed by atoms with Gasteiger partial charge in [0.15, 0.2) is 0 Å². The van der Waals surface area contributed by atoms with Gasteiger partial charge >= 0.3 is 0 Å². The molecule has 1 amide bonds. The van der Waals surface area contributed by atoms with Gasteiger partial charge in [0.2, 0.25) is 5.91 Å². The van der Waals surface area contributed by atoms with Gasteiger partial charge in [-0.3, -0.25) is 9.59 Å². The molecule has 1 aromatic heterocycles. The standard InChI is InChI=1S/C21H27N3O2/c1-16-9-11-17(12-10-16)19-13-14-21(26)24(23-19)15-5-8-20(25)22-18-6-3-2-4-7-18/h9-14,18H,2-8,15H2,1H3,(H,22,25). The summed E-state index contributed by atoms with van der Waals surface area (Å²) in [5, 5.41) is 7.57. The van der Waals surface area contributed by atoms with E-state index >= 15 is 0 Å². The number of hydrogen-bond donors (Lipinski definition) is 1. The van der Waals surface area contributed by atoms with Gasteiger partial charge in [-0.1, -0.05) is 49.1 Å². The Morgan fingerprint density at radius 1 is 1.12 bits per heavy atom. The van der Waals surface area contributed by atoms with Gasteiger partial charge in [0.1, 0.15) is 0 Å². The molecule has 138 valence electrons. The van der Waals surface area contributed by atoms with Crippen molar-refractivity contribution >= 4 is 5.91 Å². The summed E-state index contributed by atoms with van der Waals surface area (Å²) in [6, 6.07) is 11.7. The molecule has 3 rings (SSSR count). The SMILES string of the molecule is Cc1ccc(-c2ccc(=O)n(CCCC(=O)NC3CCCCC3)n2)cc1. The van der Waals surface area contributed by atoms with Crippen LogP contribution >= 0.6 is 0 Å². The molecule has 0 saturated heterocycles. The van der Waals surface area contributed by atoms with Crippen LogP contribution in [0.15, 0.2) is 41.2 Å². The van der Waals surface area contributed by atoms with Crippen molar-refractivity contribution in [3.05, 3.63) is 52.3 Å². The Kier molecular flexibility index (Phi) is 6.21. The number of aromatic nitrogens is 2. The Bertz CT molecular complexity index is 790. The summed E-state index contributed by atoms with van der Waals surface area (Å²) in [6.07, 6.45) is 6.91. The van der Waals surface area contributed by atoms with Crippen molar-refractivity contribution in [1.82, 2.24) is 15.1 Å². The van der Waals surface area contributed by atoms with Crippen LogP contribution in [-0.2, 0) is 11.3 Å². The Morgan fingerprint density at radius 3 is 2.58 bits per heavy atom. The van der Waals surface area contributed by atoms with E-state index in [-0.39, 0.29) is 11.5 Å². The number of hydrogen-bond acceptors (Lipinski definition) is 3. The van der Waals surface area contributed by atoms with Gasteiger partial charge in [0, 0.05) is 30.6 Å². The van der Waals surface area contributed by atoms with Gasteiger partial charge in [-0.2, -0.15) is 5.10 Å². The second-order valence-electron chi connectivity index (χ2n) is 7.15. The minimum atomic E-state index is -0.131. The molecule has 0 bridgehead atoms. The molecular formula is C21H27N3O2. The largest absolute Gasteiger partial charge is 0.353 e. The average Bonchev–Trinajstić information content (AvgIpc) is 2.65. The van der Waals surface area contributed by atoms with Crippen LogP contribution in [0.3, 0.4) is 0 Å². The Balaban J connectivity index is 1.55. The molecule has 1 saturated carbocycles. The van der Waals surface area contributed by atoms with Crippen LogP contribution < -0.4 is 10.9 Å². The Morgan fingerprint density at radius 2 is 1.85 bits per heavy atom. The predicted octanol–water partition coefficient (Wildman–Crippen LogP) is 3.45. The number of nitrogens with zero attached hydrogens (tertiary/aromatic N) is 2. The van der Waals surface area contributed by atoms with Crippen LogP contribution in [0, 0.1) is 6.92 Å². The predicted molar refractivity (Wildman–Crippen MR) is 103 cm³/mol. The maximum Gasteiger partial charge on any atom is 0.266 e. The van der Waals surface area contributed by atoms with Crippen molar-refractivity contribution in [2.24, 2.45) is 0 Å². The fourth-order valence-electron chi connectivity index (χ4n) is 3.42. The van der Waals surface area contributed by atoms with E-state index in [2.05, 4.69) is 10.4 Å². The van der Waals surface area contributed by atoms with Gasteiger partial charge in [-0.15, -0.1) is 0 Å². The zero-order valence-electron chi connectivity index (χ0n) is 15.4. The molecule has 1 heterocycles. The first-order valence-electron chi connectivity index (χ1n) is 9.56. The summed E-state index contributed by atoms with van der Waals surface area (Å²) in [7, 11) is 0. The summed E-state index contributed by atoms with van der Waals surface area (Å²) < 4.78 is 1.46. The highest BCUT2D eigenvalue weighted by atomic mass is 16.1. The highest BCUT2D eigenvalue weighted by Crippen LogP contribution is 2.18. The molecule has 1 N–H and O–H groups in total. The van der Waals surface area contributed by atoms with E-state index in [4.69, 9.17) is 0 Å². The zero-order chi connectivity index (χ0) is 18.4. The molecule has 0 aliphatic heterocycles. The summed E-state index contributed by atoms with van der Waals surface area (Å²) in [6.45, 7) is 2.49. The number of carbonyl (C=O) groups excluding carboxylic acids is 1. The quantitative estimate of drug-likeness (QED) is 0.865. The maximum absolute atomic E-state index is 12.1. The number of carbonyl (C=O) groups is 1. The third-order valence-electron chi connectivity index (χ3n) is 4.96. The lowest BCUT2D eigenvalue weighted by Crippen LogP contribution is -2.36. The molecule has 0 spiro atoms. The van der Waals surface area contributed by atoms with Crippen molar-refractivity contribution < 1.29 is 4.79 Å². The van der Waals surface area contributed by atoms with Crippen LogP contribution in [-0.4, -0.2) is 21.7 Å². The van der Waals surface area contributed by atoms with Crippen molar-refractivity contribution in [1.29, 1.82) is 0 Å². The number of aryl methyl sites for hydroxylation is 2. The van der Waals surface area contributed by atoms with Crippen molar-refractivity contribution in [3.8, 4) is 11.3 Å². The van der Waals surface area contributed by atoms with E-state index in [0.29, 0.717) is 25.4 Å². The average molecular weight is 353 g/mol. The van der Waals surface area contributed by atoms with E-state index in [1.165, 1.54) is 29.5 Å². The van der Waals surface area contributed by atoms with Crippen LogP contribution in [0.5, 0.6) is 0 Å². The molecule has 0 radical (unpaired) electrons. The molecular weight excluding hydrogens is 326 g/mol.